The fourth-order valence-electron chi connectivity index (χ4n) is 3.94. The Bertz CT molecular complexity index is 1180. The first-order valence-corrected chi connectivity index (χ1v) is 11.7. The summed E-state index contributed by atoms with van der Waals surface area (Å²) in [5.74, 6) is -1.28. The van der Waals surface area contributed by atoms with Crippen LogP contribution in [0.1, 0.15) is 62.5 Å². The molecule has 1 saturated carbocycles. The topological polar surface area (TPSA) is 84.5 Å². The van der Waals surface area contributed by atoms with Crippen LogP contribution in [0.5, 0.6) is 0 Å². The maximum Gasteiger partial charge on any atom is 0.337 e. The predicted molar refractivity (Wildman–Crippen MR) is 127 cm³/mol. The van der Waals surface area contributed by atoms with Crippen LogP contribution >= 0.6 is 22.9 Å². The second-order valence-corrected chi connectivity index (χ2v) is 9.19. The summed E-state index contributed by atoms with van der Waals surface area (Å²) in [6, 6.07) is 12.1. The van der Waals surface area contributed by atoms with Gasteiger partial charge in [0.05, 0.1) is 28.9 Å². The van der Waals surface area contributed by atoms with E-state index in [9.17, 15) is 14.4 Å². The van der Waals surface area contributed by atoms with Crippen molar-refractivity contribution in [3.63, 3.8) is 0 Å². The molecule has 1 fully saturated rings. The second-order valence-electron chi connectivity index (χ2n) is 7.76. The lowest BCUT2D eigenvalue weighted by Gasteiger charge is -2.23. The molecule has 8 heteroatoms. The van der Waals surface area contributed by atoms with Crippen LogP contribution in [0.4, 0.5) is 5.69 Å². The van der Waals surface area contributed by atoms with Gasteiger partial charge in [-0.15, -0.1) is 11.3 Å². The summed E-state index contributed by atoms with van der Waals surface area (Å²) in [6.45, 7) is 0. The molecule has 1 aromatic heterocycles. The predicted octanol–water partition coefficient (Wildman–Crippen LogP) is 5.66. The van der Waals surface area contributed by atoms with Crippen LogP contribution in [-0.4, -0.2) is 30.9 Å². The van der Waals surface area contributed by atoms with E-state index in [1.54, 1.807) is 0 Å². The number of rotatable bonds is 5. The largest absolute Gasteiger partial charge is 0.465 e. The van der Waals surface area contributed by atoms with E-state index < -0.39 is 11.9 Å². The highest BCUT2D eigenvalue weighted by Crippen LogP contribution is 2.35. The zero-order valence-electron chi connectivity index (χ0n) is 17.6. The monoisotopic (exact) mass is 470 g/mol. The standard InChI is InChI=1S/C24H23ClN2O4S/c1-31-24(30)14-11-12-16(22(28)26-15-7-3-2-4-8-15)18(13-14)27-23(29)21-20(25)17-9-5-6-10-19(17)32-21/h5-6,9-13,15H,2-4,7-8H2,1H3,(H,26,28)(H,27,29). The Hall–Kier alpha value is -2.90. The number of nitrogens with one attached hydrogen (secondary N) is 2. The lowest BCUT2D eigenvalue weighted by Crippen LogP contribution is -2.36. The van der Waals surface area contributed by atoms with Crippen molar-refractivity contribution in [3.05, 3.63) is 63.5 Å². The van der Waals surface area contributed by atoms with Gasteiger partial charge in [0.2, 0.25) is 0 Å². The van der Waals surface area contributed by atoms with E-state index in [2.05, 4.69) is 10.6 Å². The van der Waals surface area contributed by atoms with E-state index in [0.29, 0.717) is 9.90 Å². The molecule has 2 N–H and O–H groups in total. The number of hydrogen-bond acceptors (Lipinski definition) is 5. The number of hydrogen-bond donors (Lipinski definition) is 2. The number of benzene rings is 2. The van der Waals surface area contributed by atoms with Gasteiger partial charge in [-0.25, -0.2) is 4.79 Å². The van der Waals surface area contributed by atoms with E-state index in [4.69, 9.17) is 16.3 Å². The Balaban J connectivity index is 1.65. The third kappa shape index (κ3) is 4.64. The van der Waals surface area contributed by atoms with Gasteiger partial charge in [0.1, 0.15) is 4.88 Å². The van der Waals surface area contributed by atoms with Gasteiger partial charge in [0.15, 0.2) is 0 Å². The van der Waals surface area contributed by atoms with Gasteiger partial charge in [-0.2, -0.15) is 0 Å². The van der Waals surface area contributed by atoms with E-state index >= 15 is 0 Å². The molecular formula is C24H23ClN2O4S. The fourth-order valence-corrected chi connectivity index (χ4v) is 5.35. The highest BCUT2D eigenvalue weighted by Gasteiger charge is 2.23. The molecule has 0 unspecified atom stereocenters. The van der Waals surface area contributed by atoms with E-state index in [0.717, 1.165) is 35.8 Å². The SMILES string of the molecule is COC(=O)c1ccc(C(=O)NC2CCCCC2)c(NC(=O)c2sc3ccccc3c2Cl)c1. The molecular weight excluding hydrogens is 448 g/mol. The molecule has 0 spiro atoms. The van der Waals surface area contributed by atoms with Crippen molar-refractivity contribution in [3.8, 4) is 0 Å². The zero-order valence-corrected chi connectivity index (χ0v) is 19.1. The van der Waals surface area contributed by atoms with Crippen molar-refractivity contribution in [1.29, 1.82) is 0 Å². The molecule has 1 heterocycles. The lowest BCUT2D eigenvalue weighted by atomic mass is 9.95. The number of amides is 2. The first-order chi connectivity index (χ1) is 15.5. The minimum Gasteiger partial charge on any atom is -0.465 e. The Morgan fingerprint density at radius 1 is 1.03 bits per heavy atom. The molecule has 3 aromatic rings. The van der Waals surface area contributed by atoms with Crippen LogP contribution in [0.15, 0.2) is 42.5 Å². The van der Waals surface area contributed by atoms with Crippen molar-refractivity contribution < 1.29 is 19.1 Å². The number of anilines is 1. The van der Waals surface area contributed by atoms with Crippen LogP contribution in [-0.2, 0) is 4.74 Å². The Labute approximate surface area is 194 Å². The third-order valence-electron chi connectivity index (χ3n) is 5.62. The first-order valence-electron chi connectivity index (χ1n) is 10.5. The van der Waals surface area contributed by atoms with Gasteiger partial charge < -0.3 is 15.4 Å². The van der Waals surface area contributed by atoms with E-state index in [-0.39, 0.29) is 28.8 Å². The van der Waals surface area contributed by atoms with Crippen LogP contribution in [0.2, 0.25) is 5.02 Å². The zero-order chi connectivity index (χ0) is 22.7. The van der Waals surface area contributed by atoms with Gasteiger partial charge in [-0.05, 0) is 37.1 Å². The highest BCUT2D eigenvalue weighted by atomic mass is 35.5. The highest BCUT2D eigenvalue weighted by molar-refractivity contribution is 7.21. The molecule has 166 valence electrons. The number of carbonyl (C=O) groups excluding carboxylic acids is 3. The smallest absolute Gasteiger partial charge is 0.337 e. The van der Waals surface area contributed by atoms with Crippen molar-refractivity contribution in [2.75, 3.05) is 12.4 Å². The van der Waals surface area contributed by atoms with Crippen LogP contribution in [0.3, 0.4) is 0 Å². The Morgan fingerprint density at radius 2 is 1.78 bits per heavy atom. The molecule has 0 saturated heterocycles. The van der Waals surface area contributed by atoms with Crippen LogP contribution in [0.25, 0.3) is 10.1 Å². The van der Waals surface area contributed by atoms with Crippen molar-refractivity contribution in [2.45, 2.75) is 38.1 Å². The molecule has 0 bridgehead atoms. The summed E-state index contributed by atoms with van der Waals surface area (Å²) in [5.41, 5.74) is 0.757. The minimum atomic E-state index is -0.556. The van der Waals surface area contributed by atoms with Crippen molar-refractivity contribution in [2.24, 2.45) is 0 Å². The molecule has 1 aliphatic rings. The van der Waals surface area contributed by atoms with Crippen molar-refractivity contribution in [1.82, 2.24) is 5.32 Å². The number of fused-ring (bicyclic) bond motifs is 1. The minimum absolute atomic E-state index is 0.108. The molecule has 2 aromatic carbocycles. The summed E-state index contributed by atoms with van der Waals surface area (Å²) in [7, 11) is 1.28. The fraction of sp³-hybridized carbons (Fsp3) is 0.292. The average Bonchev–Trinajstić information content (AvgIpc) is 3.16. The Kier molecular flexibility index (Phi) is 6.77. The molecule has 4 rings (SSSR count). The number of carbonyl (C=O) groups is 3. The number of thiophene rings is 1. The van der Waals surface area contributed by atoms with Gasteiger partial charge in [-0.1, -0.05) is 49.1 Å². The van der Waals surface area contributed by atoms with Crippen molar-refractivity contribution >= 4 is 56.5 Å². The summed E-state index contributed by atoms with van der Waals surface area (Å²) < 4.78 is 5.68. The molecule has 32 heavy (non-hydrogen) atoms. The molecule has 2 amide bonds. The Morgan fingerprint density at radius 3 is 2.50 bits per heavy atom. The van der Waals surface area contributed by atoms with Gasteiger partial charge in [-0.3, -0.25) is 9.59 Å². The summed E-state index contributed by atoms with van der Waals surface area (Å²) in [5, 5.41) is 6.99. The second kappa shape index (κ2) is 9.71. The molecule has 0 aliphatic heterocycles. The maximum absolute atomic E-state index is 13.1. The number of halogens is 1. The lowest BCUT2D eigenvalue weighted by molar-refractivity contribution is 0.0600. The summed E-state index contributed by atoms with van der Waals surface area (Å²) in [4.78, 5) is 38.5. The molecule has 6 nitrogen and oxygen atoms in total. The summed E-state index contributed by atoms with van der Waals surface area (Å²) in [6.07, 6.45) is 5.22. The number of esters is 1. The van der Waals surface area contributed by atoms with Gasteiger partial charge >= 0.3 is 5.97 Å². The first kappa shape index (κ1) is 22.3. The number of methoxy groups -OCH3 is 1. The molecule has 1 aliphatic carbocycles. The molecule has 0 radical (unpaired) electrons. The van der Waals surface area contributed by atoms with Gasteiger partial charge in [0.25, 0.3) is 11.8 Å². The maximum atomic E-state index is 13.1. The molecule has 0 atom stereocenters. The van der Waals surface area contributed by atoms with Crippen LogP contribution in [0, 0.1) is 0 Å². The average molecular weight is 471 g/mol. The quantitative estimate of drug-likeness (QED) is 0.471. The van der Waals surface area contributed by atoms with Gasteiger partial charge in [0, 0.05) is 16.1 Å². The number of ether oxygens (including phenoxy) is 1. The van der Waals surface area contributed by atoms with Crippen LogP contribution < -0.4 is 10.6 Å². The third-order valence-corrected chi connectivity index (χ3v) is 7.29. The van der Waals surface area contributed by atoms with E-state index in [1.165, 1.54) is 43.1 Å². The normalized spacial score (nSPS) is 14.2. The summed E-state index contributed by atoms with van der Waals surface area (Å²) >= 11 is 7.72. The van der Waals surface area contributed by atoms with E-state index in [1.807, 2.05) is 24.3 Å².